The summed E-state index contributed by atoms with van der Waals surface area (Å²) in [5.41, 5.74) is 2.48. The van der Waals surface area contributed by atoms with Gasteiger partial charge in [0.2, 0.25) is 0 Å². The van der Waals surface area contributed by atoms with E-state index in [9.17, 15) is 0 Å². The summed E-state index contributed by atoms with van der Waals surface area (Å²) < 4.78 is 2.28. The molecule has 0 bridgehead atoms. The van der Waals surface area contributed by atoms with Crippen LogP contribution in [0, 0.1) is 0 Å². The molecule has 0 radical (unpaired) electrons. The lowest BCUT2D eigenvalue weighted by Crippen LogP contribution is -1.88. The minimum atomic E-state index is 0.781. The Balaban J connectivity index is 2.06. The predicted molar refractivity (Wildman–Crippen MR) is 100 cm³/mol. The van der Waals surface area contributed by atoms with E-state index in [4.69, 9.17) is 11.6 Å². The molecule has 0 amide bonds. The van der Waals surface area contributed by atoms with E-state index in [1.165, 1.54) is 43.4 Å². The van der Waals surface area contributed by atoms with Crippen LogP contribution in [0.5, 0.6) is 0 Å². The van der Waals surface area contributed by atoms with Crippen LogP contribution in [0.2, 0.25) is 5.02 Å². The van der Waals surface area contributed by atoms with Crippen molar-refractivity contribution in [3.63, 3.8) is 0 Å². The van der Waals surface area contributed by atoms with Gasteiger partial charge >= 0.3 is 0 Å². The fraction of sp³-hybridized carbons (Fsp3) is 0.0476. The molecule has 0 saturated carbocycles. The topological polar surface area (TPSA) is 4.93 Å². The number of hydrogen-bond acceptors (Lipinski definition) is 0. The van der Waals surface area contributed by atoms with Gasteiger partial charge in [-0.2, -0.15) is 0 Å². The SMILES string of the molecule is Cn1c2ccc(Cl)cc2c2ccc3cc4ccccc4cc3c21. The van der Waals surface area contributed by atoms with Crippen molar-refractivity contribution in [3.05, 3.63) is 71.8 Å². The molecule has 0 fully saturated rings. The van der Waals surface area contributed by atoms with Crippen LogP contribution in [-0.4, -0.2) is 4.57 Å². The van der Waals surface area contributed by atoms with E-state index in [1.54, 1.807) is 0 Å². The van der Waals surface area contributed by atoms with Crippen LogP contribution in [-0.2, 0) is 7.05 Å². The van der Waals surface area contributed by atoms with Gasteiger partial charge in [-0.15, -0.1) is 0 Å². The van der Waals surface area contributed by atoms with Crippen molar-refractivity contribution in [1.29, 1.82) is 0 Å². The Bertz CT molecular complexity index is 1230. The molecule has 0 saturated heterocycles. The average molecular weight is 316 g/mol. The molecule has 0 aliphatic carbocycles. The zero-order valence-corrected chi connectivity index (χ0v) is 13.4. The number of nitrogens with zero attached hydrogens (tertiary/aromatic N) is 1. The van der Waals surface area contributed by atoms with Gasteiger partial charge in [0.25, 0.3) is 0 Å². The van der Waals surface area contributed by atoms with E-state index in [0.717, 1.165) is 5.02 Å². The molecular weight excluding hydrogens is 302 g/mol. The Morgan fingerprint density at radius 3 is 2.30 bits per heavy atom. The van der Waals surface area contributed by atoms with Crippen LogP contribution >= 0.6 is 11.6 Å². The molecule has 0 N–H and O–H groups in total. The quantitative estimate of drug-likeness (QED) is 0.296. The molecule has 1 heterocycles. The van der Waals surface area contributed by atoms with Crippen molar-refractivity contribution >= 4 is 55.0 Å². The first kappa shape index (κ1) is 13.0. The monoisotopic (exact) mass is 315 g/mol. The Morgan fingerprint density at radius 1 is 0.696 bits per heavy atom. The van der Waals surface area contributed by atoms with Gasteiger partial charge in [-0.3, -0.25) is 0 Å². The number of aromatic nitrogens is 1. The van der Waals surface area contributed by atoms with Crippen LogP contribution in [0.25, 0.3) is 43.4 Å². The molecule has 0 unspecified atom stereocenters. The van der Waals surface area contributed by atoms with Gasteiger partial charge in [-0.05, 0) is 46.5 Å². The Hall–Kier alpha value is -2.51. The van der Waals surface area contributed by atoms with E-state index in [-0.39, 0.29) is 0 Å². The van der Waals surface area contributed by atoms with Gasteiger partial charge in [0, 0.05) is 33.7 Å². The lowest BCUT2D eigenvalue weighted by molar-refractivity contribution is 1.02. The number of hydrogen-bond donors (Lipinski definition) is 0. The van der Waals surface area contributed by atoms with Crippen LogP contribution in [0.3, 0.4) is 0 Å². The summed E-state index contributed by atoms with van der Waals surface area (Å²) in [7, 11) is 2.13. The molecule has 0 spiro atoms. The second-order valence-electron chi connectivity index (χ2n) is 6.10. The zero-order chi connectivity index (χ0) is 15.6. The van der Waals surface area contributed by atoms with Gasteiger partial charge in [-0.25, -0.2) is 0 Å². The maximum atomic E-state index is 6.22. The Morgan fingerprint density at radius 2 is 1.48 bits per heavy atom. The standard InChI is InChI=1S/C21H14ClN/c1-23-20-9-7-16(22)12-19(20)17-8-6-15-10-13-4-2-3-5-14(13)11-18(15)21(17)23/h2-12H,1H3. The molecule has 5 rings (SSSR count). The third-order valence-corrected chi connectivity index (χ3v) is 5.04. The van der Waals surface area contributed by atoms with Crippen molar-refractivity contribution < 1.29 is 0 Å². The van der Waals surface area contributed by atoms with Crippen LogP contribution in [0.1, 0.15) is 0 Å². The highest BCUT2D eigenvalue weighted by Gasteiger charge is 2.12. The van der Waals surface area contributed by atoms with E-state index in [1.807, 2.05) is 6.07 Å². The molecular formula is C21H14ClN. The highest BCUT2D eigenvalue weighted by Crippen LogP contribution is 2.36. The van der Waals surface area contributed by atoms with Gasteiger partial charge in [0.15, 0.2) is 0 Å². The highest BCUT2D eigenvalue weighted by atomic mass is 35.5. The van der Waals surface area contributed by atoms with Gasteiger partial charge < -0.3 is 4.57 Å². The van der Waals surface area contributed by atoms with Crippen LogP contribution in [0.15, 0.2) is 66.7 Å². The molecule has 0 aliphatic heterocycles. The van der Waals surface area contributed by atoms with Crippen molar-refractivity contribution in [1.82, 2.24) is 4.57 Å². The summed E-state index contributed by atoms with van der Waals surface area (Å²) in [6.07, 6.45) is 0. The second kappa shape index (κ2) is 4.50. The first-order chi connectivity index (χ1) is 11.2. The molecule has 1 nitrogen and oxygen atoms in total. The molecule has 0 aliphatic rings. The first-order valence-electron chi connectivity index (χ1n) is 7.71. The molecule has 23 heavy (non-hydrogen) atoms. The average Bonchev–Trinajstić information content (AvgIpc) is 2.85. The van der Waals surface area contributed by atoms with Crippen LogP contribution < -0.4 is 0 Å². The summed E-state index contributed by atoms with van der Waals surface area (Å²) in [6, 6.07) is 23.6. The highest BCUT2D eigenvalue weighted by molar-refractivity contribution is 6.32. The summed E-state index contributed by atoms with van der Waals surface area (Å²) in [4.78, 5) is 0. The lowest BCUT2D eigenvalue weighted by Gasteiger charge is -2.06. The van der Waals surface area contributed by atoms with E-state index < -0.39 is 0 Å². The lowest BCUT2D eigenvalue weighted by atomic mass is 10.0. The van der Waals surface area contributed by atoms with Crippen LogP contribution in [0.4, 0.5) is 0 Å². The molecule has 110 valence electrons. The van der Waals surface area contributed by atoms with E-state index in [0.29, 0.717) is 0 Å². The normalized spacial score (nSPS) is 11.9. The summed E-state index contributed by atoms with van der Waals surface area (Å²) in [5.74, 6) is 0. The van der Waals surface area contributed by atoms with Gasteiger partial charge in [0.1, 0.15) is 0 Å². The third kappa shape index (κ3) is 1.74. The number of fused-ring (bicyclic) bond motifs is 6. The van der Waals surface area contributed by atoms with Gasteiger partial charge in [0.05, 0.1) is 5.52 Å². The molecule has 5 aromatic rings. The largest absolute Gasteiger partial charge is 0.343 e. The summed E-state index contributed by atoms with van der Waals surface area (Å²) in [6.45, 7) is 0. The fourth-order valence-electron chi connectivity index (χ4n) is 3.71. The van der Waals surface area contributed by atoms with E-state index >= 15 is 0 Å². The Kier molecular flexibility index (Phi) is 2.54. The fourth-order valence-corrected chi connectivity index (χ4v) is 3.89. The zero-order valence-electron chi connectivity index (χ0n) is 12.7. The minimum Gasteiger partial charge on any atom is -0.343 e. The number of rotatable bonds is 0. The Labute approximate surface area is 138 Å². The van der Waals surface area contributed by atoms with Crippen molar-refractivity contribution in [2.24, 2.45) is 7.05 Å². The van der Waals surface area contributed by atoms with Crippen molar-refractivity contribution in [2.45, 2.75) is 0 Å². The molecule has 4 aromatic carbocycles. The maximum Gasteiger partial charge on any atom is 0.0568 e. The smallest absolute Gasteiger partial charge is 0.0568 e. The van der Waals surface area contributed by atoms with Gasteiger partial charge in [-0.1, -0.05) is 48.0 Å². The first-order valence-corrected chi connectivity index (χ1v) is 8.09. The molecule has 1 aromatic heterocycles. The molecule has 0 atom stereocenters. The second-order valence-corrected chi connectivity index (χ2v) is 6.54. The summed E-state index contributed by atoms with van der Waals surface area (Å²) >= 11 is 6.22. The third-order valence-electron chi connectivity index (χ3n) is 4.80. The van der Waals surface area contributed by atoms with Crippen molar-refractivity contribution in [2.75, 3.05) is 0 Å². The molecule has 2 heteroatoms. The number of benzene rings is 4. The minimum absolute atomic E-state index is 0.781. The number of halogens is 1. The van der Waals surface area contributed by atoms with E-state index in [2.05, 4.69) is 72.3 Å². The van der Waals surface area contributed by atoms with Crippen molar-refractivity contribution in [3.8, 4) is 0 Å². The number of aryl methyl sites for hydroxylation is 1. The predicted octanol–water partition coefficient (Wildman–Crippen LogP) is 6.29. The maximum absolute atomic E-state index is 6.22. The summed E-state index contributed by atoms with van der Waals surface area (Å²) in [5, 5.41) is 8.36.